The molecule has 2 heterocycles. The van der Waals surface area contributed by atoms with Gasteiger partial charge in [-0.2, -0.15) is 0 Å². The molecule has 0 aromatic heterocycles. The molecule has 2 aromatic carbocycles. The second-order valence-corrected chi connectivity index (χ2v) is 10.6. The third-order valence-corrected chi connectivity index (χ3v) is 8.10. The Kier molecular flexibility index (Phi) is 4.64. The number of allylic oxidation sites excluding steroid dienone is 2. The molecule has 32 heavy (non-hydrogen) atoms. The van der Waals surface area contributed by atoms with Crippen LogP contribution >= 0.6 is 0 Å². The summed E-state index contributed by atoms with van der Waals surface area (Å²) < 4.78 is 0. The average molecular weight is 429 g/mol. The zero-order valence-corrected chi connectivity index (χ0v) is 19.8. The van der Waals surface area contributed by atoms with Crippen LogP contribution in [0.25, 0.3) is 0 Å². The molecule has 1 fully saturated rings. The van der Waals surface area contributed by atoms with Crippen LogP contribution in [0.5, 0.6) is 0 Å². The van der Waals surface area contributed by atoms with Crippen LogP contribution in [0.1, 0.15) is 38.8 Å². The van der Waals surface area contributed by atoms with E-state index in [4.69, 9.17) is 0 Å². The van der Waals surface area contributed by atoms with Crippen molar-refractivity contribution in [2.75, 3.05) is 23.9 Å². The lowest BCUT2D eigenvalue weighted by Crippen LogP contribution is -2.66. The molecule has 1 saturated carbocycles. The number of hydrogen-bond acceptors (Lipinski definition) is 4. The Hall–Kier alpha value is -2.56. The van der Waals surface area contributed by atoms with Crippen molar-refractivity contribution < 1.29 is 10.2 Å². The van der Waals surface area contributed by atoms with Gasteiger partial charge in [-0.3, -0.25) is 0 Å². The number of likely N-dealkylation sites (N-methyl/N-ethyl adjacent to an activating group) is 2. The number of fused-ring (bicyclic) bond motifs is 2. The smallest absolute Gasteiger partial charge is 0.0447 e. The fourth-order valence-corrected chi connectivity index (χ4v) is 6.09. The van der Waals surface area contributed by atoms with Crippen LogP contribution in [-0.4, -0.2) is 26.3 Å². The minimum Gasteiger partial charge on any atom is -0.851 e. The van der Waals surface area contributed by atoms with Crippen LogP contribution in [0.4, 0.5) is 11.4 Å². The zero-order valence-electron chi connectivity index (χ0n) is 19.8. The molecule has 0 saturated heterocycles. The number of benzene rings is 2. The normalized spacial score (nSPS) is 32.2. The molecule has 0 bridgehead atoms. The standard InChI is InChI=1S/C28H32N2O2/c1-27(2)19-11-7-9-13-21(19)29(5)23(27)15-17-25(31)18(26(17)32)16-24-28(3,4)20-12-8-10-14-22(20)30(24)6/h7-18,25-26H,1-6H3/q-2. The molecule has 0 unspecified atom stereocenters. The van der Waals surface area contributed by atoms with Crippen LogP contribution in [0, 0.1) is 11.8 Å². The predicted octanol–water partition coefficient (Wildman–Crippen LogP) is 3.31. The Balaban J connectivity index is 1.43. The number of hydrogen-bond donors (Lipinski definition) is 0. The summed E-state index contributed by atoms with van der Waals surface area (Å²) in [4.78, 5) is 4.29. The minimum absolute atomic E-state index is 0.219. The summed E-state index contributed by atoms with van der Waals surface area (Å²) in [5.41, 5.74) is 6.46. The fourth-order valence-electron chi connectivity index (χ4n) is 6.09. The van der Waals surface area contributed by atoms with Crippen LogP contribution in [0.2, 0.25) is 0 Å². The SMILES string of the molecule is CN1C(=CC2C([O-])C(C=C3N(C)c4ccccc4C3(C)C)C2[O-])C(C)(C)c2ccccc21. The highest BCUT2D eigenvalue weighted by Gasteiger charge is 2.43. The first-order valence-corrected chi connectivity index (χ1v) is 11.5. The zero-order chi connectivity index (χ0) is 23.0. The van der Waals surface area contributed by atoms with Gasteiger partial charge in [0, 0.05) is 47.7 Å². The maximum absolute atomic E-state index is 13.3. The van der Waals surface area contributed by atoms with Gasteiger partial charge in [0.1, 0.15) is 0 Å². The molecule has 4 heteroatoms. The van der Waals surface area contributed by atoms with Gasteiger partial charge in [0.05, 0.1) is 0 Å². The summed E-state index contributed by atoms with van der Waals surface area (Å²) in [7, 11) is 4.06. The molecule has 1 aliphatic carbocycles. The van der Waals surface area contributed by atoms with Crippen LogP contribution in [0.3, 0.4) is 0 Å². The van der Waals surface area contributed by atoms with E-state index in [9.17, 15) is 10.2 Å². The molecule has 168 valence electrons. The molecule has 3 aliphatic rings. The summed E-state index contributed by atoms with van der Waals surface area (Å²) >= 11 is 0. The lowest BCUT2D eigenvalue weighted by molar-refractivity contribution is -0.550. The van der Waals surface area contributed by atoms with Gasteiger partial charge in [-0.05, 0) is 35.1 Å². The quantitative estimate of drug-likeness (QED) is 0.736. The lowest BCUT2D eigenvalue weighted by Gasteiger charge is -2.60. The first-order valence-electron chi connectivity index (χ1n) is 11.5. The third-order valence-electron chi connectivity index (χ3n) is 8.10. The van der Waals surface area contributed by atoms with E-state index in [1.807, 2.05) is 50.5 Å². The van der Waals surface area contributed by atoms with E-state index in [1.54, 1.807) is 0 Å². The maximum Gasteiger partial charge on any atom is 0.0447 e. The van der Waals surface area contributed by atoms with Gasteiger partial charge in [0.25, 0.3) is 0 Å². The molecule has 0 spiro atoms. The van der Waals surface area contributed by atoms with Crippen molar-refractivity contribution in [3.05, 3.63) is 83.2 Å². The van der Waals surface area contributed by atoms with Crippen molar-refractivity contribution in [3.8, 4) is 0 Å². The molecule has 0 amide bonds. The summed E-state index contributed by atoms with van der Waals surface area (Å²) in [6, 6.07) is 16.6. The number of rotatable bonds is 2. The first-order chi connectivity index (χ1) is 15.1. The highest BCUT2D eigenvalue weighted by atomic mass is 16.3. The minimum atomic E-state index is -0.918. The van der Waals surface area contributed by atoms with E-state index in [0.29, 0.717) is 0 Å². The van der Waals surface area contributed by atoms with Crippen molar-refractivity contribution in [3.63, 3.8) is 0 Å². The molecule has 2 aromatic rings. The largest absolute Gasteiger partial charge is 0.851 e. The Morgan fingerprint density at radius 3 is 1.34 bits per heavy atom. The average Bonchev–Trinajstić information content (AvgIpc) is 3.09. The van der Waals surface area contributed by atoms with E-state index in [2.05, 4.69) is 61.8 Å². The second-order valence-electron chi connectivity index (χ2n) is 10.6. The second kappa shape index (κ2) is 6.97. The van der Waals surface area contributed by atoms with Crippen LogP contribution in [0.15, 0.2) is 72.1 Å². The van der Waals surface area contributed by atoms with Gasteiger partial charge >= 0.3 is 0 Å². The Morgan fingerprint density at radius 1 is 0.656 bits per heavy atom. The van der Waals surface area contributed by atoms with Gasteiger partial charge in [-0.15, -0.1) is 12.2 Å². The summed E-state index contributed by atoms with van der Waals surface area (Å²) in [5, 5.41) is 26.6. The van der Waals surface area contributed by atoms with Gasteiger partial charge in [0.15, 0.2) is 0 Å². The topological polar surface area (TPSA) is 52.6 Å². The fraction of sp³-hybridized carbons (Fsp3) is 0.429. The van der Waals surface area contributed by atoms with E-state index < -0.39 is 24.0 Å². The highest BCUT2D eigenvalue weighted by Crippen LogP contribution is 2.50. The molecule has 4 nitrogen and oxygen atoms in total. The predicted molar refractivity (Wildman–Crippen MR) is 126 cm³/mol. The van der Waals surface area contributed by atoms with E-state index in [0.717, 1.165) is 22.8 Å². The number of anilines is 2. The molecule has 0 N–H and O–H groups in total. The third kappa shape index (κ3) is 2.76. The van der Waals surface area contributed by atoms with Crippen LogP contribution in [-0.2, 0) is 10.8 Å². The molecule has 0 atom stereocenters. The van der Waals surface area contributed by atoms with E-state index in [-0.39, 0.29) is 10.8 Å². The van der Waals surface area contributed by atoms with Crippen molar-refractivity contribution in [2.45, 2.75) is 50.7 Å². The first kappa shape index (κ1) is 21.3. The monoisotopic (exact) mass is 428 g/mol. The lowest BCUT2D eigenvalue weighted by atomic mass is 9.66. The van der Waals surface area contributed by atoms with Crippen LogP contribution < -0.4 is 20.0 Å². The molecule has 5 rings (SSSR count). The molecular formula is C28H32N2O2-2. The Labute approximate surface area is 191 Å². The summed E-state index contributed by atoms with van der Waals surface area (Å²) in [5.74, 6) is -1.000. The van der Waals surface area contributed by atoms with Gasteiger partial charge in [-0.25, -0.2) is 0 Å². The highest BCUT2D eigenvalue weighted by molar-refractivity contribution is 5.71. The summed E-state index contributed by atoms with van der Waals surface area (Å²) in [6.45, 7) is 8.69. The number of nitrogens with zero attached hydrogens (tertiary/aromatic N) is 2. The van der Waals surface area contributed by atoms with Crippen molar-refractivity contribution >= 4 is 11.4 Å². The molecular weight excluding hydrogens is 396 g/mol. The molecule has 2 aliphatic heterocycles. The molecule has 0 radical (unpaired) electrons. The number of para-hydroxylation sites is 2. The summed E-state index contributed by atoms with van der Waals surface area (Å²) in [6.07, 6.45) is 2.11. The van der Waals surface area contributed by atoms with Gasteiger partial charge < -0.3 is 20.0 Å². The van der Waals surface area contributed by atoms with Crippen molar-refractivity contribution in [2.24, 2.45) is 11.8 Å². The van der Waals surface area contributed by atoms with Crippen molar-refractivity contribution in [1.29, 1.82) is 0 Å². The van der Waals surface area contributed by atoms with E-state index >= 15 is 0 Å². The Morgan fingerprint density at radius 2 is 1.00 bits per heavy atom. The van der Waals surface area contributed by atoms with Gasteiger partial charge in [-0.1, -0.05) is 76.2 Å². The maximum atomic E-state index is 13.3. The van der Waals surface area contributed by atoms with E-state index in [1.165, 1.54) is 11.1 Å². The Bertz CT molecular complexity index is 1030. The van der Waals surface area contributed by atoms with Gasteiger partial charge in [0.2, 0.25) is 0 Å². The van der Waals surface area contributed by atoms with Crippen molar-refractivity contribution in [1.82, 2.24) is 0 Å².